The summed E-state index contributed by atoms with van der Waals surface area (Å²) in [6, 6.07) is 14.5. The fourth-order valence-corrected chi connectivity index (χ4v) is 27.3. The van der Waals surface area contributed by atoms with Gasteiger partial charge in [-0.2, -0.15) is 0 Å². The van der Waals surface area contributed by atoms with E-state index in [0.29, 0.717) is 152 Å². The molecule has 8 fully saturated rings. The zero-order valence-electron chi connectivity index (χ0n) is 66.3. The predicted octanol–water partition coefficient (Wildman–Crippen LogP) is 7.06. The molecule has 20 atom stereocenters. The SMILES string of the molecule is C=CCN1CC[C@]23c4c5ccc(O)c4O[C@H]2C(OCCOCC(COCCOC2CC[C@@]4(O)C6Cc7ccc(O)c8c7[C@@]4(CCN6CC=C)C2O8)(COCCOC2CC[C@@]4(O)C6Cc7ccc(O)c8c7[C@@]4(CCN6CC=C)C2O8)COCCOC2CC[C@@]4(O)C6Cc7ccc(O)c8c7[C@@]4(CCN(CC=C)C6)[C@H]2O8)CC[C@@]3(O)C(C5)C1. The molecule has 10 unspecified atom stereocenters. The van der Waals surface area contributed by atoms with E-state index in [-0.39, 0.29) is 126 Å². The highest BCUT2D eigenvalue weighted by molar-refractivity contribution is 5.66. The quantitative estimate of drug-likeness (QED) is 0.0179. The average Bonchev–Trinajstić information content (AvgIpc) is 1.57. The summed E-state index contributed by atoms with van der Waals surface area (Å²) >= 11 is 0. The third-order valence-electron chi connectivity index (χ3n) is 31.9. The molecule has 0 radical (unpaired) electrons. The van der Waals surface area contributed by atoms with Gasteiger partial charge in [-0.05, 0) is 175 Å². The molecule has 4 spiro atoms. The van der Waals surface area contributed by atoms with Crippen LogP contribution >= 0.6 is 0 Å². The number of rotatable bonds is 32. The van der Waals surface area contributed by atoms with Crippen LogP contribution in [0.25, 0.3) is 0 Å². The highest BCUT2D eigenvalue weighted by Crippen LogP contribution is 2.71. The highest BCUT2D eigenvalue weighted by Gasteiger charge is 2.77. The number of hydrogen-bond donors (Lipinski definition) is 8. The molecule has 0 amide bonds. The fourth-order valence-electron chi connectivity index (χ4n) is 27.3. The number of hydrogen-bond acceptors (Lipinski definition) is 24. The molecule has 20 rings (SSSR count). The van der Waals surface area contributed by atoms with E-state index in [1.54, 1.807) is 24.3 Å². The Balaban J connectivity index is 0.565. The van der Waals surface area contributed by atoms with E-state index < -0.39 is 98.3 Å². The van der Waals surface area contributed by atoms with Crippen LogP contribution in [0.4, 0.5) is 0 Å². The molecular formula is C91H116N4O20. The monoisotopic (exact) mass is 1580 g/mol. The van der Waals surface area contributed by atoms with Gasteiger partial charge in [0, 0.05) is 85.4 Å². The normalized spacial score (nSPS) is 38.6. The van der Waals surface area contributed by atoms with Gasteiger partial charge in [0.1, 0.15) is 24.4 Å². The second-order valence-corrected chi connectivity index (χ2v) is 36.9. The van der Waals surface area contributed by atoms with Crippen molar-refractivity contribution < 1.29 is 97.7 Å². The summed E-state index contributed by atoms with van der Waals surface area (Å²) in [5, 5.41) is 98.8. The van der Waals surface area contributed by atoms with Gasteiger partial charge in [-0.3, -0.25) is 19.6 Å². The maximum Gasteiger partial charge on any atom is 0.165 e. The number of nitrogens with zero attached hydrogens (tertiary/aromatic N) is 4. The van der Waals surface area contributed by atoms with E-state index in [1.165, 1.54) is 0 Å². The van der Waals surface area contributed by atoms with Crippen LogP contribution in [0.1, 0.15) is 122 Å². The standard InChI is InChI=1S/C91H116N4O20/c1-5-29-92-33-25-84-71-55-9-13-61(96)75(71)112-79(84)65(17-21-88(84,100)59(45-55)49-92)108-41-37-104-51-83(53-106-39-43-110-67-19-23-90(102)69-47-57-11-15-63(98)77-73(57)86(90,81(67)114-77)27-35-94(69)31-7-3,54-107-40-44-111-68-20-24-91(103)70-48-58-12-16-64(99)78-74(58)87(91,82(68)115-78)28-36-95(70)32-8-4)52-105-38-42-109-66-18-22-89(101)60-46-56-10-14-62(97)76-72(56)85(89,80(66)113-76)26-34-93(50-60)30-6-2/h5-16,59-60,65-70,79-82,96-103H,1-4,17-54H2/t59?,60?,65?,66?,67?,68?,69?,70?,79-,80-,81?,82?,83?,84-,85-,86-,87-,88+,89+,90+,91+/m0/s1. The van der Waals surface area contributed by atoms with Crippen LogP contribution < -0.4 is 18.9 Å². The molecule has 4 aromatic rings. The number of phenolic OH excluding ortho intramolecular Hbond substituents is 4. The molecule has 115 heavy (non-hydrogen) atoms. The van der Waals surface area contributed by atoms with Crippen LogP contribution in [0.2, 0.25) is 0 Å². The molecule has 8 N–H and O–H groups in total. The predicted molar refractivity (Wildman–Crippen MR) is 423 cm³/mol. The molecule has 8 bridgehead atoms. The lowest BCUT2D eigenvalue weighted by molar-refractivity contribution is -0.216. The first kappa shape index (κ1) is 77.2. The molecule has 4 saturated heterocycles. The lowest BCUT2D eigenvalue weighted by atomic mass is 9.48. The molecule has 8 aliphatic heterocycles. The van der Waals surface area contributed by atoms with Gasteiger partial charge in [0.25, 0.3) is 0 Å². The minimum Gasteiger partial charge on any atom is -0.504 e. The van der Waals surface area contributed by atoms with Crippen molar-refractivity contribution in [1.29, 1.82) is 0 Å². The Kier molecular flexibility index (Phi) is 19.4. The molecule has 24 heteroatoms. The van der Waals surface area contributed by atoms with E-state index in [1.807, 2.05) is 48.6 Å². The number of ether oxygens (including phenoxy) is 12. The van der Waals surface area contributed by atoms with Gasteiger partial charge in [-0.25, -0.2) is 0 Å². The maximum atomic E-state index is 13.3. The number of piperidine rings is 2. The number of phenols is 4. The summed E-state index contributed by atoms with van der Waals surface area (Å²) in [4.78, 5) is 9.44. The topological polar surface area (TPSA) is 286 Å². The fraction of sp³-hybridized carbons (Fsp3) is 0.648. The Labute approximate surface area is 673 Å². The third-order valence-corrected chi connectivity index (χ3v) is 31.9. The van der Waals surface area contributed by atoms with Crippen molar-refractivity contribution in [2.75, 3.05) is 145 Å². The Morgan fingerprint density at radius 1 is 0.365 bits per heavy atom. The van der Waals surface area contributed by atoms with E-state index in [2.05, 4.69) is 45.9 Å². The van der Waals surface area contributed by atoms with Gasteiger partial charge in [0.15, 0.2) is 46.0 Å². The van der Waals surface area contributed by atoms with Crippen molar-refractivity contribution in [3.63, 3.8) is 0 Å². The summed E-state index contributed by atoms with van der Waals surface area (Å²) < 4.78 is 83.0. The number of benzene rings is 4. The second kappa shape index (κ2) is 28.9. The number of aromatic hydroxyl groups is 4. The van der Waals surface area contributed by atoms with Crippen molar-refractivity contribution in [3.8, 4) is 46.0 Å². The van der Waals surface area contributed by atoms with Crippen LogP contribution in [0, 0.1) is 17.3 Å². The smallest absolute Gasteiger partial charge is 0.165 e. The van der Waals surface area contributed by atoms with Gasteiger partial charge in [0.2, 0.25) is 0 Å². The highest BCUT2D eigenvalue weighted by atomic mass is 16.6. The van der Waals surface area contributed by atoms with Gasteiger partial charge >= 0.3 is 0 Å². The van der Waals surface area contributed by atoms with Gasteiger partial charge < -0.3 is 97.7 Å². The third kappa shape index (κ3) is 11.0. The Morgan fingerprint density at radius 3 is 0.965 bits per heavy atom. The zero-order chi connectivity index (χ0) is 78.8. The van der Waals surface area contributed by atoms with Crippen molar-refractivity contribution in [3.05, 3.63) is 144 Å². The Morgan fingerprint density at radius 2 is 0.652 bits per heavy atom. The molecule has 0 aromatic heterocycles. The van der Waals surface area contributed by atoms with Crippen LogP contribution in [-0.4, -0.2) is 289 Å². The van der Waals surface area contributed by atoms with Gasteiger partial charge in [0.05, 0.1) is 153 Å². The summed E-state index contributed by atoms with van der Waals surface area (Å²) in [6.45, 7) is 25.0. The summed E-state index contributed by atoms with van der Waals surface area (Å²) in [7, 11) is 0. The molecule has 620 valence electrons. The number of likely N-dealkylation sites (tertiary alicyclic amines) is 4. The van der Waals surface area contributed by atoms with E-state index in [9.17, 15) is 40.9 Å². The summed E-state index contributed by atoms with van der Waals surface area (Å²) in [5.41, 5.74) is -0.638. The maximum absolute atomic E-state index is 13.3. The largest absolute Gasteiger partial charge is 0.504 e. The zero-order valence-corrected chi connectivity index (χ0v) is 66.3. The summed E-state index contributed by atoms with van der Waals surface area (Å²) in [5.74, 6) is 1.91. The van der Waals surface area contributed by atoms with E-state index in [0.717, 1.165) is 83.8 Å². The minimum absolute atomic E-state index is 0.0598. The van der Waals surface area contributed by atoms with Crippen LogP contribution in [0.3, 0.4) is 0 Å². The molecule has 16 aliphatic rings. The minimum atomic E-state index is -1.13. The molecular weight excluding hydrogens is 1470 g/mol. The molecule has 4 saturated carbocycles. The van der Waals surface area contributed by atoms with E-state index in [4.69, 9.17) is 56.8 Å². The molecule has 8 aliphatic carbocycles. The first-order chi connectivity index (χ1) is 55.8. The first-order valence-corrected chi connectivity index (χ1v) is 42.9. The van der Waals surface area contributed by atoms with Crippen LogP contribution in [-0.2, 0) is 85.2 Å². The van der Waals surface area contributed by atoms with E-state index >= 15 is 0 Å². The lowest BCUT2D eigenvalue weighted by Gasteiger charge is -2.64. The van der Waals surface area contributed by atoms with Crippen LogP contribution in [0.15, 0.2) is 99.2 Å². The van der Waals surface area contributed by atoms with Crippen molar-refractivity contribution in [2.45, 2.75) is 208 Å². The number of aliphatic hydroxyl groups is 4. The molecule has 8 heterocycles. The van der Waals surface area contributed by atoms with Crippen molar-refractivity contribution in [1.82, 2.24) is 19.6 Å². The Hall–Kier alpha value is -6.40. The lowest BCUT2D eigenvalue weighted by Crippen LogP contribution is -2.77. The van der Waals surface area contributed by atoms with Crippen molar-refractivity contribution in [2.24, 2.45) is 17.3 Å². The molecule has 4 aromatic carbocycles. The average molecular weight is 1590 g/mol. The molecule has 24 nitrogen and oxygen atoms in total. The van der Waals surface area contributed by atoms with Crippen molar-refractivity contribution >= 4 is 0 Å². The van der Waals surface area contributed by atoms with Gasteiger partial charge in [-0.15, -0.1) is 26.3 Å². The Bertz CT molecular complexity index is 4190. The van der Waals surface area contributed by atoms with Gasteiger partial charge in [-0.1, -0.05) is 48.6 Å². The summed E-state index contributed by atoms with van der Waals surface area (Å²) in [6.07, 6.45) is 12.9. The second-order valence-electron chi connectivity index (χ2n) is 36.9. The van der Waals surface area contributed by atoms with Crippen LogP contribution in [0.5, 0.6) is 46.0 Å². The first-order valence-electron chi connectivity index (χ1n) is 42.9.